The lowest BCUT2D eigenvalue weighted by molar-refractivity contribution is -0.903. The number of nitro groups is 1. The van der Waals surface area contributed by atoms with Crippen molar-refractivity contribution < 1.29 is 18.2 Å². The van der Waals surface area contributed by atoms with Crippen LogP contribution < -0.4 is 14.9 Å². The second kappa shape index (κ2) is 7.24. The first-order valence-electron chi connectivity index (χ1n) is 7.69. The number of nitro benzene ring substituents is 1. The highest BCUT2D eigenvalue weighted by molar-refractivity contribution is 7.89. The second-order valence-corrected chi connectivity index (χ2v) is 7.55. The van der Waals surface area contributed by atoms with E-state index in [1.165, 1.54) is 24.1 Å². The predicted octanol–water partition coefficient (Wildman–Crippen LogP) is -0.0180. The van der Waals surface area contributed by atoms with E-state index in [0.717, 1.165) is 38.5 Å². The average molecular weight is 343 g/mol. The van der Waals surface area contributed by atoms with E-state index in [2.05, 4.69) is 17.0 Å². The fourth-order valence-electron chi connectivity index (χ4n) is 2.81. The monoisotopic (exact) mass is 343 g/mol. The van der Waals surface area contributed by atoms with E-state index >= 15 is 0 Å². The Kier molecular flexibility index (Phi) is 5.55. The Bertz CT molecular complexity index is 669. The van der Waals surface area contributed by atoms with Crippen LogP contribution in [0.5, 0.6) is 0 Å². The van der Waals surface area contributed by atoms with Gasteiger partial charge in [0, 0.05) is 24.9 Å². The fourth-order valence-corrected chi connectivity index (χ4v) is 3.56. The Labute approximate surface area is 136 Å². The van der Waals surface area contributed by atoms with E-state index in [9.17, 15) is 18.5 Å². The van der Waals surface area contributed by atoms with Crippen LogP contribution in [0.4, 0.5) is 11.4 Å². The summed E-state index contributed by atoms with van der Waals surface area (Å²) in [7, 11) is -2.43. The van der Waals surface area contributed by atoms with Gasteiger partial charge in [-0.1, -0.05) is 0 Å². The molecule has 1 heterocycles. The lowest BCUT2D eigenvalue weighted by atomic mass is 10.0. The van der Waals surface area contributed by atoms with Gasteiger partial charge in [-0.05, 0) is 26.1 Å². The Balaban J connectivity index is 2.21. The van der Waals surface area contributed by atoms with Crippen molar-refractivity contribution in [2.75, 3.05) is 32.0 Å². The van der Waals surface area contributed by atoms with E-state index in [4.69, 9.17) is 0 Å². The van der Waals surface area contributed by atoms with Crippen LogP contribution in [0.3, 0.4) is 0 Å². The SMILES string of the molecule is CC[NH+]1CCC(Nc2ccc(S(=O)(=O)NC)cc2[N+](=O)[O-])CC1. The molecule has 23 heavy (non-hydrogen) atoms. The van der Waals surface area contributed by atoms with Crippen molar-refractivity contribution in [1.29, 1.82) is 0 Å². The number of nitrogens with one attached hydrogen (secondary N) is 3. The number of sulfonamides is 1. The number of likely N-dealkylation sites (tertiary alicyclic amines) is 1. The molecule has 8 nitrogen and oxygen atoms in total. The Morgan fingerprint density at radius 2 is 2.00 bits per heavy atom. The number of quaternary nitrogens is 1. The van der Waals surface area contributed by atoms with Gasteiger partial charge < -0.3 is 10.2 Å². The average Bonchev–Trinajstić information content (AvgIpc) is 2.55. The molecule has 2 rings (SSSR count). The standard InChI is InChI=1S/C14H22N4O4S/c1-3-17-8-6-11(7-9-17)16-13-5-4-12(23(21,22)15-2)10-14(13)18(19)20/h4-5,10-11,15-16H,3,6-9H2,1-2H3/p+1. The molecule has 128 valence electrons. The third-order valence-electron chi connectivity index (χ3n) is 4.30. The van der Waals surface area contributed by atoms with E-state index in [1.54, 1.807) is 0 Å². The van der Waals surface area contributed by atoms with Gasteiger partial charge in [0.05, 0.1) is 29.5 Å². The van der Waals surface area contributed by atoms with E-state index in [1.807, 2.05) is 0 Å². The van der Waals surface area contributed by atoms with Gasteiger partial charge in [-0.15, -0.1) is 0 Å². The third-order valence-corrected chi connectivity index (χ3v) is 5.71. The number of hydrogen-bond donors (Lipinski definition) is 3. The lowest BCUT2D eigenvalue weighted by Gasteiger charge is -2.29. The van der Waals surface area contributed by atoms with Gasteiger partial charge >= 0.3 is 0 Å². The maximum Gasteiger partial charge on any atom is 0.293 e. The summed E-state index contributed by atoms with van der Waals surface area (Å²) in [6.07, 6.45) is 1.88. The minimum absolute atomic E-state index is 0.109. The fraction of sp³-hybridized carbons (Fsp3) is 0.571. The number of hydrogen-bond acceptors (Lipinski definition) is 5. The Morgan fingerprint density at radius 3 is 2.52 bits per heavy atom. The molecular formula is C14H23N4O4S+. The molecule has 1 fully saturated rings. The first-order valence-corrected chi connectivity index (χ1v) is 9.17. The normalized spacial score (nSPS) is 21.8. The summed E-state index contributed by atoms with van der Waals surface area (Å²) in [6, 6.07) is 4.13. The number of piperidine rings is 1. The molecule has 0 unspecified atom stereocenters. The van der Waals surface area contributed by atoms with E-state index < -0.39 is 14.9 Å². The molecule has 0 spiro atoms. The number of anilines is 1. The highest BCUT2D eigenvalue weighted by atomic mass is 32.2. The first-order chi connectivity index (χ1) is 10.9. The Morgan fingerprint density at radius 1 is 1.35 bits per heavy atom. The van der Waals surface area contributed by atoms with Crippen molar-refractivity contribution in [3.8, 4) is 0 Å². The van der Waals surface area contributed by atoms with Gasteiger partial charge in [0.1, 0.15) is 5.69 Å². The quantitative estimate of drug-likeness (QED) is 0.497. The maximum absolute atomic E-state index is 11.8. The molecule has 0 aliphatic carbocycles. The molecule has 0 aromatic heterocycles. The van der Waals surface area contributed by atoms with Crippen molar-refractivity contribution in [3.05, 3.63) is 28.3 Å². The van der Waals surface area contributed by atoms with Crippen molar-refractivity contribution in [3.63, 3.8) is 0 Å². The van der Waals surface area contributed by atoms with Crippen LogP contribution in [0.15, 0.2) is 23.1 Å². The van der Waals surface area contributed by atoms with Gasteiger partial charge in [0.15, 0.2) is 0 Å². The highest BCUT2D eigenvalue weighted by Gasteiger charge is 2.25. The molecule has 1 aromatic carbocycles. The summed E-state index contributed by atoms with van der Waals surface area (Å²) >= 11 is 0. The zero-order valence-corrected chi connectivity index (χ0v) is 14.1. The van der Waals surface area contributed by atoms with Gasteiger partial charge in [0.2, 0.25) is 10.0 Å². The first kappa shape index (κ1) is 17.6. The zero-order valence-electron chi connectivity index (χ0n) is 13.3. The van der Waals surface area contributed by atoms with Gasteiger partial charge in [-0.3, -0.25) is 10.1 Å². The summed E-state index contributed by atoms with van der Waals surface area (Å²) in [6.45, 7) is 5.31. The molecule has 0 amide bonds. The molecule has 1 saturated heterocycles. The van der Waals surface area contributed by atoms with E-state index in [-0.39, 0.29) is 16.6 Å². The molecule has 0 saturated carbocycles. The summed E-state index contributed by atoms with van der Waals surface area (Å²) in [5, 5.41) is 14.5. The molecule has 1 aromatic rings. The molecule has 0 atom stereocenters. The van der Waals surface area contributed by atoms with Crippen LogP contribution in [0.25, 0.3) is 0 Å². The van der Waals surface area contributed by atoms with Crippen molar-refractivity contribution in [2.45, 2.75) is 30.7 Å². The molecule has 0 radical (unpaired) electrons. The summed E-state index contributed by atoms with van der Waals surface area (Å²) < 4.78 is 25.7. The maximum atomic E-state index is 11.8. The van der Waals surface area contributed by atoms with Crippen molar-refractivity contribution >= 4 is 21.4 Å². The predicted molar refractivity (Wildman–Crippen MR) is 87.2 cm³/mol. The lowest BCUT2D eigenvalue weighted by Crippen LogP contribution is -3.13. The minimum atomic E-state index is -3.70. The molecule has 1 aliphatic rings. The van der Waals surface area contributed by atoms with Crippen LogP contribution in [-0.2, 0) is 10.0 Å². The number of benzene rings is 1. The van der Waals surface area contributed by atoms with Crippen molar-refractivity contribution in [1.82, 2.24) is 4.72 Å². The van der Waals surface area contributed by atoms with Crippen LogP contribution in [0.2, 0.25) is 0 Å². The number of nitrogens with zero attached hydrogens (tertiary/aromatic N) is 1. The largest absolute Gasteiger partial charge is 0.376 e. The topological polar surface area (TPSA) is 106 Å². The summed E-state index contributed by atoms with van der Waals surface area (Å²) in [5.41, 5.74) is 0.154. The molecular weight excluding hydrogens is 320 g/mol. The second-order valence-electron chi connectivity index (χ2n) is 5.67. The molecule has 3 N–H and O–H groups in total. The van der Waals surface area contributed by atoms with Crippen LogP contribution in [0.1, 0.15) is 19.8 Å². The smallest absolute Gasteiger partial charge is 0.293 e. The zero-order chi connectivity index (χ0) is 17.0. The molecule has 0 bridgehead atoms. The Hall–Kier alpha value is -1.71. The van der Waals surface area contributed by atoms with Crippen LogP contribution in [-0.4, -0.2) is 46.1 Å². The van der Waals surface area contributed by atoms with Gasteiger partial charge in [-0.25, -0.2) is 13.1 Å². The molecule has 1 aliphatic heterocycles. The van der Waals surface area contributed by atoms with Crippen molar-refractivity contribution in [2.24, 2.45) is 0 Å². The number of rotatable bonds is 6. The van der Waals surface area contributed by atoms with Crippen LogP contribution >= 0.6 is 0 Å². The minimum Gasteiger partial charge on any atom is -0.376 e. The molecule has 9 heteroatoms. The van der Waals surface area contributed by atoms with Gasteiger partial charge in [-0.2, -0.15) is 0 Å². The summed E-state index contributed by atoms with van der Waals surface area (Å²) in [4.78, 5) is 12.1. The third kappa shape index (κ3) is 4.18. The van der Waals surface area contributed by atoms with Gasteiger partial charge in [0.25, 0.3) is 5.69 Å². The van der Waals surface area contributed by atoms with E-state index in [0.29, 0.717) is 5.69 Å². The highest BCUT2D eigenvalue weighted by Crippen LogP contribution is 2.28. The summed E-state index contributed by atoms with van der Waals surface area (Å²) in [5.74, 6) is 0. The van der Waals surface area contributed by atoms with Crippen LogP contribution in [0, 0.1) is 10.1 Å².